The van der Waals surface area contributed by atoms with Crippen molar-refractivity contribution in [1.29, 1.82) is 0 Å². The second-order valence-corrected chi connectivity index (χ2v) is 6.22. The smallest absolute Gasteiger partial charge is 0.257 e. The minimum absolute atomic E-state index is 0.102. The van der Waals surface area contributed by atoms with Crippen molar-refractivity contribution in [3.05, 3.63) is 43.5 Å². The van der Waals surface area contributed by atoms with E-state index in [-0.39, 0.29) is 11.5 Å². The molecule has 19 heavy (non-hydrogen) atoms. The molecule has 0 bridgehead atoms. The van der Waals surface area contributed by atoms with E-state index in [0.717, 1.165) is 30.8 Å². The number of aromatic nitrogens is 2. The molecule has 1 aliphatic rings. The first-order valence-corrected chi connectivity index (χ1v) is 7.08. The van der Waals surface area contributed by atoms with Gasteiger partial charge >= 0.3 is 0 Å². The van der Waals surface area contributed by atoms with Crippen LogP contribution in [0, 0.1) is 6.92 Å². The van der Waals surface area contributed by atoms with Gasteiger partial charge in [-0.15, -0.1) is 11.3 Å². The molecular weight excluding hydrogens is 260 g/mol. The second-order valence-electron chi connectivity index (χ2n) is 4.85. The number of H-pyrrole nitrogens is 1. The van der Waals surface area contributed by atoms with Crippen LogP contribution in [0.1, 0.15) is 21.0 Å². The maximum Gasteiger partial charge on any atom is 0.257 e. The van der Waals surface area contributed by atoms with Crippen molar-refractivity contribution >= 4 is 17.3 Å². The van der Waals surface area contributed by atoms with Crippen molar-refractivity contribution in [2.75, 3.05) is 12.3 Å². The lowest BCUT2D eigenvalue weighted by Crippen LogP contribution is -2.35. The molecule has 1 aliphatic heterocycles. The Kier molecular flexibility index (Phi) is 3.12. The van der Waals surface area contributed by atoms with Crippen LogP contribution < -0.4 is 11.3 Å². The lowest BCUT2D eigenvalue weighted by atomic mass is 10.1. The average molecular weight is 276 g/mol. The molecule has 0 radical (unpaired) electrons. The lowest BCUT2D eigenvalue weighted by molar-refractivity contribution is 0.244. The maximum atomic E-state index is 11.9. The number of nitrogens with zero attached hydrogens (tertiary/aromatic N) is 2. The van der Waals surface area contributed by atoms with Gasteiger partial charge in [0.1, 0.15) is 0 Å². The minimum Gasteiger partial charge on any atom is -0.369 e. The molecule has 0 aromatic carbocycles. The SMILES string of the molecule is Cc1ccc(CN2CCc3nc(N)[nH]c(=O)c3C2)s1. The molecule has 5 nitrogen and oxygen atoms in total. The molecule has 0 aliphatic carbocycles. The first-order valence-electron chi connectivity index (χ1n) is 6.27. The van der Waals surface area contributed by atoms with Crippen molar-refractivity contribution < 1.29 is 0 Å². The summed E-state index contributed by atoms with van der Waals surface area (Å²) in [5.41, 5.74) is 7.07. The molecule has 3 heterocycles. The summed E-state index contributed by atoms with van der Waals surface area (Å²) < 4.78 is 0. The van der Waals surface area contributed by atoms with E-state index in [0.29, 0.717) is 6.54 Å². The van der Waals surface area contributed by atoms with Crippen LogP contribution in [0.25, 0.3) is 0 Å². The van der Waals surface area contributed by atoms with Crippen LogP contribution in [0.15, 0.2) is 16.9 Å². The quantitative estimate of drug-likeness (QED) is 0.866. The van der Waals surface area contributed by atoms with Crippen LogP contribution in [0.5, 0.6) is 0 Å². The van der Waals surface area contributed by atoms with Crippen molar-refractivity contribution in [3.8, 4) is 0 Å². The van der Waals surface area contributed by atoms with E-state index >= 15 is 0 Å². The van der Waals surface area contributed by atoms with E-state index in [9.17, 15) is 4.79 Å². The summed E-state index contributed by atoms with van der Waals surface area (Å²) in [5, 5.41) is 0. The van der Waals surface area contributed by atoms with Gasteiger partial charge < -0.3 is 5.73 Å². The molecule has 0 spiro atoms. The third kappa shape index (κ3) is 2.54. The number of nitrogens with one attached hydrogen (secondary N) is 1. The Morgan fingerprint density at radius 2 is 2.37 bits per heavy atom. The highest BCUT2D eigenvalue weighted by Crippen LogP contribution is 2.21. The number of aryl methyl sites for hydroxylation is 1. The third-order valence-electron chi connectivity index (χ3n) is 3.34. The van der Waals surface area contributed by atoms with E-state index in [2.05, 4.69) is 33.9 Å². The van der Waals surface area contributed by atoms with E-state index < -0.39 is 0 Å². The number of anilines is 1. The number of fused-ring (bicyclic) bond motifs is 1. The Morgan fingerprint density at radius 3 is 3.11 bits per heavy atom. The Bertz CT molecular complexity index is 661. The van der Waals surface area contributed by atoms with Gasteiger partial charge in [-0.3, -0.25) is 14.7 Å². The number of rotatable bonds is 2. The molecule has 0 amide bonds. The molecular formula is C13H16N4OS. The first kappa shape index (κ1) is 12.4. The summed E-state index contributed by atoms with van der Waals surface area (Å²) in [6.07, 6.45) is 0.786. The predicted molar refractivity (Wildman–Crippen MR) is 76.1 cm³/mol. The molecule has 0 atom stereocenters. The number of nitrogens with two attached hydrogens (primary N) is 1. The van der Waals surface area contributed by atoms with Crippen molar-refractivity contribution in [2.45, 2.75) is 26.4 Å². The fourth-order valence-corrected chi connectivity index (χ4v) is 3.36. The topological polar surface area (TPSA) is 75.0 Å². The van der Waals surface area contributed by atoms with Crippen LogP contribution in [0.4, 0.5) is 5.95 Å². The lowest BCUT2D eigenvalue weighted by Gasteiger charge is -2.26. The van der Waals surface area contributed by atoms with Crippen LogP contribution in [-0.4, -0.2) is 21.4 Å². The Hall–Kier alpha value is -1.66. The molecule has 2 aromatic heterocycles. The maximum absolute atomic E-state index is 11.9. The number of hydrogen-bond acceptors (Lipinski definition) is 5. The molecule has 100 valence electrons. The molecule has 0 saturated carbocycles. The summed E-state index contributed by atoms with van der Waals surface area (Å²) in [5.74, 6) is 0.214. The minimum atomic E-state index is -0.102. The standard InChI is InChI=1S/C13H16N4OS/c1-8-2-3-9(19-8)6-17-5-4-11-10(7-17)12(18)16-13(14)15-11/h2-3H,4-7H2,1H3,(H3,14,15,16,18). The fourth-order valence-electron chi connectivity index (χ4n) is 2.43. The summed E-state index contributed by atoms with van der Waals surface area (Å²) in [7, 11) is 0. The van der Waals surface area contributed by atoms with Gasteiger partial charge in [-0.05, 0) is 19.1 Å². The number of hydrogen-bond donors (Lipinski definition) is 2. The Labute approximate surface area is 115 Å². The zero-order valence-corrected chi connectivity index (χ0v) is 11.6. The van der Waals surface area contributed by atoms with Gasteiger partial charge in [0, 0.05) is 35.8 Å². The zero-order chi connectivity index (χ0) is 13.4. The van der Waals surface area contributed by atoms with Crippen LogP contribution in [0.2, 0.25) is 0 Å². The average Bonchev–Trinajstić information content (AvgIpc) is 2.75. The normalized spacial score (nSPS) is 15.4. The number of thiophene rings is 1. The largest absolute Gasteiger partial charge is 0.369 e. The Morgan fingerprint density at radius 1 is 1.53 bits per heavy atom. The highest BCUT2D eigenvalue weighted by molar-refractivity contribution is 7.11. The summed E-state index contributed by atoms with van der Waals surface area (Å²) in [6, 6.07) is 4.29. The van der Waals surface area contributed by atoms with Crippen molar-refractivity contribution in [3.63, 3.8) is 0 Å². The van der Waals surface area contributed by atoms with Gasteiger partial charge in [-0.1, -0.05) is 0 Å². The van der Waals surface area contributed by atoms with Gasteiger partial charge in [0.2, 0.25) is 5.95 Å². The van der Waals surface area contributed by atoms with Gasteiger partial charge in [0.15, 0.2) is 0 Å². The van der Waals surface area contributed by atoms with Crippen LogP contribution in [-0.2, 0) is 19.5 Å². The first-order chi connectivity index (χ1) is 9.11. The van der Waals surface area contributed by atoms with Gasteiger partial charge in [-0.25, -0.2) is 4.98 Å². The highest BCUT2D eigenvalue weighted by Gasteiger charge is 2.21. The zero-order valence-electron chi connectivity index (χ0n) is 10.8. The molecule has 0 unspecified atom stereocenters. The van der Waals surface area contributed by atoms with Gasteiger partial charge in [0.25, 0.3) is 5.56 Å². The molecule has 6 heteroatoms. The summed E-state index contributed by atoms with van der Waals surface area (Å²) in [6.45, 7) is 4.56. The number of aromatic amines is 1. The van der Waals surface area contributed by atoms with Crippen molar-refractivity contribution in [1.82, 2.24) is 14.9 Å². The second kappa shape index (κ2) is 4.79. The van der Waals surface area contributed by atoms with Gasteiger partial charge in [-0.2, -0.15) is 0 Å². The van der Waals surface area contributed by atoms with Crippen LogP contribution in [0.3, 0.4) is 0 Å². The molecule has 2 aromatic rings. The van der Waals surface area contributed by atoms with E-state index in [1.807, 2.05) is 0 Å². The van der Waals surface area contributed by atoms with E-state index in [4.69, 9.17) is 5.73 Å². The molecule has 3 N–H and O–H groups in total. The highest BCUT2D eigenvalue weighted by atomic mass is 32.1. The monoisotopic (exact) mass is 276 g/mol. The molecule has 0 saturated heterocycles. The van der Waals surface area contributed by atoms with E-state index in [1.54, 1.807) is 11.3 Å². The van der Waals surface area contributed by atoms with Crippen molar-refractivity contribution in [2.24, 2.45) is 0 Å². The van der Waals surface area contributed by atoms with Crippen LogP contribution >= 0.6 is 11.3 Å². The van der Waals surface area contributed by atoms with Gasteiger partial charge in [0.05, 0.1) is 11.3 Å². The third-order valence-corrected chi connectivity index (χ3v) is 4.33. The van der Waals surface area contributed by atoms with E-state index in [1.165, 1.54) is 9.75 Å². The summed E-state index contributed by atoms with van der Waals surface area (Å²) >= 11 is 1.81. The molecule has 0 fully saturated rings. The Balaban J connectivity index is 1.80. The predicted octanol–water partition coefficient (Wildman–Crippen LogP) is 1.28. The number of nitrogen functional groups attached to an aromatic ring is 1. The molecule has 3 rings (SSSR count). The fraction of sp³-hybridized carbons (Fsp3) is 0.385. The summed E-state index contributed by atoms with van der Waals surface area (Å²) in [4.78, 5) is 23.6.